The zero-order chi connectivity index (χ0) is 13.1. The van der Waals surface area contributed by atoms with Crippen molar-refractivity contribution in [2.45, 2.75) is 20.4 Å². The van der Waals surface area contributed by atoms with Crippen LogP contribution in [0.1, 0.15) is 26.6 Å². The van der Waals surface area contributed by atoms with Crippen LogP contribution >= 0.6 is 11.3 Å². The van der Waals surface area contributed by atoms with Crippen LogP contribution in [0.3, 0.4) is 0 Å². The third kappa shape index (κ3) is 2.94. The Morgan fingerprint density at radius 2 is 2.00 bits per heavy atom. The molecule has 0 fully saturated rings. The van der Waals surface area contributed by atoms with Crippen molar-refractivity contribution in [3.05, 3.63) is 45.4 Å². The Balaban J connectivity index is 2.15. The predicted molar refractivity (Wildman–Crippen MR) is 73.9 cm³/mol. The Labute approximate surface area is 110 Å². The Hall–Kier alpha value is -1.72. The van der Waals surface area contributed by atoms with Gasteiger partial charge in [-0.3, -0.25) is 4.79 Å². The number of carbonyl (C=O) groups is 1. The fourth-order valence-electron chi connectivity index (χ4n) is 1.75. The maximum atomic E-state index is 12.0. The number of thiazole rings is 1. The Bertz CT molecular complexity index is 557. The van der Waals surface area contributed by atoms with Crippen LogP contribution in [0, 0.1) is 13.8 Å². The van der Waals surface area contributed by atoms with Crippen LogP contribution < -0.4 is 11.1 Å². The third-order valence-electron chi connectivity index (χ3n) is 2.44. The van der Waals surface area contributed by atoms with Gasteiger partial charge in [0.05, 0.1) is 0 Å². The fraction of sp³-hybridized carbons (Fsp3) is 0.231. The molecule has 0 spiro atoms. The van der Waals surface area contributed by atoms with E-state index in [0.717, 1.165) is 21.8 Å². The summed E-state index contributed by atoms with van der Waals surface area (Å²) in [5, 5.41) is 5.33. The molecule has 0 aliphatic carbocycles. The largest absolute Gasteiger partial charge is 0.325 e. The number of anilines is 1. The second-order valence-electron chi connectivity index (χ2n) is 4.16. The lowest BCUT2D eigenvalue weighted by Crippen LogP contribution is -2.13. The summed E-state index contributed by atoms with van der Waals surface area (Å²) >= 11 is 1.40. The second kappa shape index (κ2) is 5.29. The number of benzene rings is 1. The minimum absolute atomic E-state index is 0.198. The lowest BCUT2D eigenvalue weighted by Gasteiger charge is -2.05. The van der Waals surface area contributed by atoms with Crippen molar-refractivity contribution in [1.29, 1.82) is 0 Å². The molecule has 0 radical (unpaired) electrons. The molecule has 0 aliphatic heterocycles. The number of hydrogen-bond acceptors (Lipinski definition) is 4. The molecule has 18 heavy (non-hydrogen) atoms. The molecule has 0 bridgehead atoms. The highest BCUT2D eigenvalue weighted by atomic mass is 32.1. The van der Waals surface area contributed by atoms with E-state index < -0.39 is 0 Å². The number of nitrogens with zero attached hydrogens (tertiary/aromatic N) is 1. The number of nitrogens with two attached hydrogens (primary N) is 1. The summed E-state index contributed by atoms with van der Waals surface area (Å²) in [4.78, 5) is 16.1. The van der Waals surface area contributed by atoms with E-state index in [4.69, 9.17) is 5.73 Å². The average Bonchev–Trinajstić information content (AvgIpc) is 2.75. The first-order valence-corrected chi connectivity index (χ1v) is 6.50. The zero-order valence-electron chi connectivity index (χ0n) is 10.4. The molecule has 4 nitrogen and oxygen atoms in total. The van der Waals surface area contributed by atoms with Crippen molar-refractivity contribution in [1.82, 2.24) is 4.98 Å². The first kappa shape index (κ1) is 12.7. The lowest BCUT2D eigenvalue weighted by atomic mass is 10.1. The van der Waals surface area contributed by atoms with E-state index in [9.17, 15) is 4.79 Å². The van der Waals surface area contributed by atoms with Crippen LogP contribution in [0.2, 0.25) is 0 Å². The van der Waals surface area contributed by atoms with Crippen molar-refractivity contribution in [3.8, 4) is 0 Å². The summed E-state index contributed by atoms with van der Waals surface area (Å²) in [7, 11) is 0. The normalized spacial score (nSPS) is 10.4. The summed E-state index contributed by atoms with van der Waals surface area (Å²) in [6.07, 6.45) is 0. The average molecular weight is 261 g/mol. The molecule has 2 aromatic rings. The number of aryl methyl sites for hydroxylation is 2. The van der Waals surface area contributed by atoms with Crippen LogP contribution in [0.4, 0.5) is 5.69 Å². The molecule has 5 heteroatoms. The van der Waals surface area contributed by atoms with Gasteiger partial charge >= 0.3 is 0 Å². The van der Waals surface area contributed by atoms with E-state index in [0.29, 0.717) is 12.2 Å². The van der Waals surface area contributed by atoms with Gasteiger partial charge < -0.3 is 11.1 Å². The molecule has 2 rings (SSSR count). The van der Waals surface area contributed by atoms with E-state index in [-0.39, 0.29) is 5.91 Å². The molecule has 0 saturated carbocycles. The van der Waals surface area contributed by atoms with Gasteiger partial charge in [0.1, 0.15) is 10.7 Å². The molecule has 0 atom stereocenters. The highest BCUT2D eigenvalue weighted by molar-refractivity contribution is 7.09. The summed E-state index contributed by atoms with van der Waals surface area (Å²) in [5.74, 6) is -0.198. The third-order valence-corrected chi connectivity index (χ3v) is 3.31. The van der Waals surface area contributed by atoms with Crippen molar-refractivity contribution in [3.63, 3.8) is 0 Å². The van der Waals surface area contributed by atoms with Crippen LogP contribution in [0.5, 0.6) is 0 Å². The van der Waals surface area contributed by atoms with Gasteiger partial charge in [0.2, 0.25) is 0 Å². The molecule has 1 aromatic heterocycles. The van der Waals surface area contributed by atoms with Crippen molar-refractivity contribution in [2.24, 2.45) is 5.73 Å². The van der Waals surface area contributed by atoms with Gasteiger partial charge in [-0.2, -0.15) is 0 Å². The highest BCUT2D eigenvalue weighted by Crippen LogP contribution is 2.16. The summed E-state index contributed by atoms with van der Waals surface area (Å²) in [6, 6.07) is 5.92. The second-order valence-corrected chi connectivity index (χ2v) is 5.10. The highest BCUT2D eigenvalue weighted by Gasteiger charge is 2.10. The maximum absolute atomic E-state index is 12.0. The van der Waals surface area contributed by atoms with E-state index in [1.165, 1.54) is 11.3 Å². The van der Waals surface area contributed by atoms with E-state index >= 15 is 0 Å². The summed E-state index contributed by atoms with van der Waals surface area (Å²) in [6.45, 7) is 4.36. The van der Waals surface area contributed by atoms with Gasteiger partial charge in [-0.25, -0.2) is 4.98 Å². The van der Waals surface area contributed by atoms with Crippen molar-refractivity contribution >= 4 is 22.9 Å². The fourth-order valence-corrected chi connectivity index (χ4v) is 2.41. The van der Waals surface area contributed by atoms with Crippen molar-refractivity contribution < 1.29 is 4.79 Å². The molecule has 0 saturated heterocycles. The monoisotopic (exact) mass is 261 g/mol. The molecule has 3 N–H and O–H groups in total. The minimum Gasteiger partial charge on any atom is -0.325 e. The van der Waals surface area contributed by atoms with Gasteiger partial charge in [-0.05, 0) is 37.1 Å². The topological polar surface area (TPSA) is 68.0 Å². The van der Waals surface area contributed by atoms with Crippen molar-refractivity contribution in [2.75, 3.05) is 5.32 Å². The zero-order valence-corrected chi connectivity index (χ0v) is 11.2. The first-order valence-electron chi connectivity index (χ1n) is 5.62. The van der Waals surface area contributed by atoms with Crippen LogP contribution in [0.15, 0.2) is 23.6 Å². The number of rotatable bonds is 3. The number of carbonyl (C=O) groups excluding carboxylic acids is 1. The number of amides is 1. The van der Waals surface area contributed by atoms with Gasteiger partial charge in [-0.15, -0.1) is 11.3 Å². The molecular formula is C13H15N3OS. The molecule has 0 unspecified atom stereocenters. The van der Waals surface area contributed by atoms with Crippen LogP contribution in [-0.4, -0.2) is 10.9 Å². The minimum atomic E-state index is -0.198. The molecule has 1 heterocycles. The van der Waals surface area contributed by atoms with E-state index in [1.807, 2.05) is 26.0 Å². The number of nitrogens with one attached hydrogen (secondary N) is 1. The summed E-state index contributed by atoms with van der Waals surface area (Å²) < 4.78 is 0. The van der Waals surface area contributed by atoms with Gasteiger partial charge in [0.15, 0.2) is 0 Å². The van der Waals surface area contributed by atoms with Crippen LogP contribution in [0.25, 0.3) is 0 Å². The first-order chi connectivity index (χ1) is 8.58. The number of aromatic nitrogens is 1. The lowest BCUT2D eigenvalue weighted by molar-refractivity contribution is 0.102. The molecule has 0 aliphatic rings. The standard InChI is InChI=1S/C13H15N3OS/c1-8-3-9(2)5-10(4-8)15-13(17)11-7-18-12(6-14)16-11/h3-5,7H,6,14H2,1-2H3,(H,15,17). The quantitative estimate of drug-likeness (QED) is 0.891. The van der Waals surface area contributed by atoms with Gasteiger partial charge in [-0.1, -0.05) is 6.07 Å². The Kier molecular flexibility index (Phi) is 3.74. The van der Waals surface area contributed by atoms with E-state index in [2.05, 4.69) is 16.4 Å². The maximum Gasteiger partial charge on any atom is 0.275 e. The Morgan fingerprint density at radius 1 is 1.33 bits per heavy atom. The molecular weight excluding hydrogens is 246 g/mol. The molecule has 1 aromatic carbocycles. The van der Waals surface area contributed by atoms with Gasteiger partial charge in [0, 0.05) is 17.6 Å². The Morgan fingerprint density at radius 3 is 2.56 bits per heavy atom. The van der Waals surface area contributed by atoms with Gasteiger partial charge in [0.25, 0.3) is 5.91 Å². The predicted octanol–water partition coefficient (Wildman–Crippen LogP) is 2.47. The summed E-state index contributed by atoms with van der Waals surface area (Å²) in [5.41, 5.74) is 8.91. The van der Waals surface area contributed by atoms with E-state index in [1.54, 1.807) is 5.38 Å². The molecule has 1 amide bonds. The van der Waals surface area contributed by atoms with Crippen LogP contribution in [-0.2, 0) is 6.54 Å². The smallest absolute Gasteiger partial charge is 0.275 e. The SMILES string of the molecule is Cc1cc(C)cc(NC(=O)c2csc(CN)n2)c1. The number of hydrogen-bond donors (Lipinski definition) is 2. The molecule has 94 valence electrons.